The zero-order chi connectivity index (χ0) is 21.1. The zero-order valence-corrected chi connectivity index (χ0v) is 15.7. The Labute approximate surface area is 164 Å². The quantitative estimate of drug-likeness (QED) is 0.381. The summed E-state index contributed by atoms with van der Waals surface area (Å²) in [6.07, 6.45) is 0. The second-order valence-electron chi connectivity index (χ2n) is 5.96. The van der Waals surface area contributed by atoms with E-state index in [0.29, 0.717) is 6.61 Å². The summed E-state index contributed by atoms with van der Waals surface area (Å²) in [5.74, 6) is -1.36. The molecule has 0 spiro atoms. The average molecular weight is 431 g/mol. The molecular formula is C18H16F3NO6S. The van der Waals surface area contributed by atoms with E-state index in [2.05, 4.69) is 4.18 Å². The molecule has 0 saturated heterocycles. The number of halogens is 3. The number of hydrogen-bond donors (Lipinski definition) is 0. The Bertz CT molecular complexity index is 979. The van der Waals surface area contributed by atoms with Crippen LogP contribution in [0.1, 0.15) is 5.56 Å². The fourth-order valence-corrected chi connectivity index (χ4v) is 3.07. The van der Waals surface area contributed by atoms with Crippen LogP contribution in [-0.4, -0.2) is 39.6 Å². The van der Waals surface area contributed by atoms with Crippen LogP contribution in [0.4, 0.5) is 18.9 Å². The molecule has 0 unspecified atom stereocenters. The third-order valence-corrected chi connectivity index (χ3v) is 4.91. The van der Waals surface area contributed by atoms with Gasteiger partial charge >= 0.3 is 15.6 Å². The summed E-state index contributed by atoms with van der Waals surface area (Å²) in [7, 11) is -5.87. The number of nitrogens with zero attached hydrogens (tertiary/aromatic N) is 1. The van der Waals surface area contributed by atoms with Gasteiger partial charge in [0.15, 0.2) is 18.1 Å². The fourth-order valence-electron chi connectivity index (χ4n) is 2.60. The van der Waals surface area contributed by atoms with E-state index in [1.807, 2.05) is 30.3 Å². The van der Waals surface area contributed by atoms with Crippen molar-refractivity contribution in [2.24, 2.45) is 0 Å². The minimum Gasteiger partial charge on any atom is -0.478 e. The zero-order valence-electron chi connectivity index (χ0n) is 14.9. The van der Waals surface area contributed by atoms with Crippen molar-refractivity contribution in [2.75, 3.05) is 24.7 Å². The van der Waals surface area contributed by atoms with Gasteiger partial charge in [-0.05, 0) is 17.7 Å². The van der Waals surface area contributed by atoms with Gasteiger partial charge in [-0.25, -0.2) is 0 Å². The monoisotopic (exact) mass is 431 g/mol. The minimum absolute atomic E-state index is 0.0947. The van der Waals surface area contributed by atoms with Crippen molar-refractivity contribution in [1.29, 1.82) is 0 Å². The molecule has 0 fully saturated rings. The van der Waals surface area contributed by atoms with Gasteiger partial charge in [0.05, 0.1) is 18.9 Å². The van der Waals surface area contributed by atoms with Gasteiger partial charge in [-0.2, -0.15) is 21.6 Å². The van der Waals surface area contributed by atoms with Gasteiger partial charge in [-0.3, -0.25) is 4.79 Å². The Morgan fingerprint density at radius 1 is 1.07 bits per heavy atom. The van der Waals surface area contributed by atoms with Crippen LogP contribution in [0.5, 0.6) is 11.5 Å². The maximum atomic E-state index is 12.6. The summed E-state index contributed by atoms with van der Waals surface area (Å²) in [5, 5.41) is 0. The Hall–Kier alpha value is -2.79. The van der Waals surface area contributed by atoms with E-state index in [1.165, 1.54) is 17.0 Å². The molecule has 2 aromatic carbocycles. The number of para-hydroxylation sites is 1. The molecule has 11 heteroatoms. The van der Waals surface area contributed by atoms with E-state index in [4.69, 9.17) is 9.47 Å². The molecule has 1 aliphatic heterocycles. The highest BCUT2D eigenvalue weighted by Crippen LogP contribution is 2.42. The topological polar surface area (TPSA) is 82.1 Å². The van der Waals surface area contributed by atoms with Crippen LogP contribution >= 0.6 is 0 Å². The Morgan fingerprint density at radius 2 is 1.79 bits per heavy atom. The van der Waals surface area contributed by atoms with Crippen LogP contribution in [0.2, 0.25) is 0 Å². The first-order valence-electron chi connectivity index (χ1n) is 8.37. The third-order valence-electron chi connectivity index (χ3n) is 3.94. The van der Waals surface area contributed by atoms with Crippen molar-refractivity contribution in [1.82, 2.24) is 0 Å². The van der Waals surface area contributed by atoms with E-state index in [0.717, 1.165) is 11.6 Å². The number of carbonyl (C=O) groups excluding carboxylic acids is 1. The van der Waals surface area contributed by atoms with Crippen LogP contribution in [0.15, 0.2) is 48.5 Å². The number of amides is 1. The van der Waals surface area contributed by atoms with Crippen LogP contribution in [-0.2, 0) is 26.3 Å². The maximum Gasteiger partial charge on any atom is 0.534 e. The van der Waals surface area contributed by atoms with Crippen LogP contribution < -0.4 is 13.8 Å². The van der Waals surface area contributed by atoms with Crippen LogP contribution in [0, 0.1) is 0 Å². The number of carbonyl (C=O) groups is 1. The molecule has 3 rings (SSSR count). The largest absolute Gasteiger partial charge is 0.534 e. The number of hydrogen-bond acceptors (Lipinski definition) is 6. The predicted octanol–water partition coefficient (Wildman–Crippen LogP) is 2.86. The molecule has 156 valence electrons. The molecule has 1 heterocycles. The number of ether oxygens (including phenoxy) is 2. The van der Waals surface area contributed by atoms with Crippen molar-refractivity contribution in [3.63, 3.8) is 0 Å². The standard InChI is InChI=1S/C18H16F3NO6S/c19-18(20,21)29(24,25)28-15-8-4-7-14-17(15)27-12-16(23)22(14)9-10-26-11-13-5-2-1-3-6-13/h1-8H,9-12H2. The molecule has 0 atom stereocenters. The first-order chi connectivity index (χ1) is 13.7. The van der Waals surface area contributed by atoms with Gasteiger partial charge in [0.2, 0.25) is 0 Å². The lowest BCUT2D eigenvalue weighted by Crippen LogP contribution is -2.41. The van der Waals surface area contributed by atoms with Crippen molar-refractivity contribution in [3.05, 3.63) is 54.1 Å². The highest BCUT2D eigenvalue weighted by molar-refractivity contribution is 7.88. The Balaban J connectivity index is 1.73. The highest BCUT2D eigenvalue weighted by Gasteiger charge is 2.49. The molecule has 0 N–H and O–H groups in total. The third kappa shape index (κ3) is 4.80. The van der Waals surface area contributed by atoms with Crippen molar-refractivity contribution >= 4 is 21.7 Å². The van der Waals surface area contributed by atoms with Crippen molar-refractivity contribution in [2.45, 2.75) is 12.1 Å². The second-order valence-corrected chi connectivity index (χ2v) is 7.50. The second kappa shape index (κ2) is 8.29. The molecule has 7 nitrogen and oxygen atoms in total. The molecule has 1 amide bonds. The molecule has 2 aromatic rings. The lowest BCUT2D eigenvalue weighted by atomic mass is 10.2. The summed E-state index contributed by atoms with van der Waals surface area (Å²) >= 11 is 0. The molecule has 29 heavy (non-hydrogen) atoms. The van der Waals surface area contributed by atoms with Crippen LogP contribution in [0.25, 0.3) is 0 Å². The van der Waals surface area contributed by atoms with E-state index in [9.17, 15) is 26.4 Å². The molecule has 0 aliphatic carbocycles. The lowest BCUT2D eigenvalue weighted by Gasteiger charge is -2.30. The first-order valence-corrected chi connectivity index (χ1v) is 9.78. The number of fused-ring (bicyclic) bond motifs is 1. The summed E-state index contributed by atoms with van der Waals surface area (Å²) in [5.41, 5.74) is -4.56. The van der Waals surface area contributed by atoms with E-state index in [1.54, 1.807) is 0 Å². The summed E-state index contributed by atoms with van der Waals surface area (Å²) < 4.78 is 75.3. The molecule has 0 radical (unpaired) electrons. The number of benzene rings is 2. The molecule has 1 aliphatic rings. The van der Waals surface area contributed by atoms with Crippen molar-refractivity contribution in [3.8, 4) is 11.5 Å². The lowest BCUT2D eigenvalue weighted by molar-refractivity contribution is -0.121. The average Bonchev–Trinajstić information content (AvgIpc) is 2.66. The maximum absolute atomic E-state index is 12.6. The summed E-state index contributed by atoms with van der Waals surface area (Å²) in [6, 6.07) is 13.0. The number of anilines is 1. The number of rotatable bonds is 7. The Kier molecular flexibility index (Phi) is 5.99. The fraction of sp³-hybridized carbons (Fsp3) is 0.278. The predicted molar refractivity (Wildman–Crippen MR) is 96.0 cm³/mol. The van der Waals surface area contributed by atoms with Gasteiger partial charge in [0.1, 0.15) is 0 Å². The van der Waals surface area contributed by atoms with E-state index in [-0.39, 0.29) is 24.6 Å². The minimum atomic E-state index is -5.87. The summed E-state index contributed by atoms with van der Waals surface area (Å²) in [4.78, 5) is 13.4. The van der Waals surface area contributed by atoms with E-state index >= 15 is 0 Å². The molecule has 0 saturated carbocycles. The van der Waals surface area contributed by atoms with Gasteiger partial charge < -0.3 is 18.6 Å². The molecule has 0 aromatic heterocycles. The molecular weight excluding hydrogens is 415 g/mol. The highest BCUT2D eigenvalue weighted by atomic mass is 32.2. The summed E-state index contributed by atoms with van der Waals surface area (Å²) in [6.45, 7) is 0.0842. The van der Waals surface area contributed by atoms with E-state index < -0.39 is 33.9 Å². The van der Waals surface area contributed by atoms with Crippen molar-refractivity contribution < 1.29 is 40.0 Å². The SMILES string of the molecule is O=C1COc2c(OS(=O)(=O)C(F)(F)F)cccc2N1CCOCc1ccccc1. The van der Waals surface area contributed by atoms with Gasteiger partial charge in [0.25, 0.3) is 5.91 Å². The Morgan fingerprint density at radius 3 is 2.48 bits per heavy atom. The van der Waals surface area contributed by atoms with Gasteiger partial charge in [0, 0.05) is 6.54 Å². The first kappa shape index (κ1) is 20.9. The normalized spacial score (nSPS) is 14.3. The number of alkyl halides is 3. The van der Waals surface area contributed by atoms with Gasteiger partial charge in [-0.15, -0.1) is 0 Å². The van der Waals surface area contributed by atoms with Crippen LogP contribution in [0.3, 0.4) is 0 Å². The van der Waals surface area contributed by atoms with Gasteiger partial charge in [-0.1, -0.05) is 36.4 Å². The molecule has 0 bridgehead atoms. The smallest absolute Gasteiger partial charge is 0.478 e.